The second-order valence-electron chi connectivity index (χ2n) is 11.9. The molecule has 2 spiro atoms. The Bertz CT molecular complexity index is 1790. The molecule has 0 aliphatic carbocycles. The number of benzene rings is 3. The van der Waals surface area contributed by atoms with E-state index in [2.05, 4.69) is 5.32 Å². The van der Waals surface area contributed by atoms with E-state index >= 15 is 4.79 Å². The molecule has 13 heteroatoms. The number of fused-ring (bicyclic) bond motifs is 3. The fourth-order valence-corrected chi connectivity index (χ4v) is 7.52. The number of nitrogens with zero attached hydrogens (tertiary/aromatic N) is 2. The van der Waals surface area contributed by atoms with E-state index in [4.69, 9.17) is 4.74 Å². The number of carbonyl (C=O) groups is 3. The number of likely N-dealkylation sites (tertiary alicyclic amines) is 2. The number of ketones is 1. The Morgan fingerprint density at radius 1 is 0.957 bits per heavy atom. The summed E-state index contributed by atoms with van der Waals surface area (Å²) in [5.41, 5.74) is -4.33. The summed E-state index contributed by atoms with van der Waals surface area (Å²) in [6.45, 7) is 0.880. The largest absolute Gasteiger partial charge is 0.450 e. The van der Waals surface area contributed by atoms with E-state index in [0.717, 1.165) is 24.3 Å². The Kier molecular flexibility index (Phi) is 7.73. The lowest BCUT2D eigenvalue weighted by Gasteiger charge is -2.50. The monoisotopic (exact) mass is 657 g/mol. The highest BCUT2D eigenvalue weighted by Gasteiger charge is 2.75. The van der Waals surface area contributed by atoms with Gasteiger partial charge in [-0.25, -0.2) is 4.79 Å². The summed E-state index contributed by atoms with van der Waals surface area (Å²) in [6.07, 6.45) is -8.85. The van der Waals surface area contributed by atoms with Crippen molar-refractivity contribution in [3.8, 4) is 0 Å². The maximum atomic E-state index is 15.2. The van der Waals surface area contributed by atoms with E-state index in [1.807, 2.05) is 0 Å². The molecule has 2 fully saturated rings. The maximum absolute atomic E-state index is 15.2. The number of ether oxygens (including phenoxy) is 1. The predicted octanol–water partition coefficient (Wildman–Crippen LogP) is 6.71. The number of hydrogen-bond donors (Lipinski definition) is 1. The molecule has 3 aromatic rings. The number of hydrogen-bond acceptors (Lipinski definition) is 5. The van der Waals surface area contributed by atoms with E-state index < -0.39 is 58.1 Å². The van der Waals surface area contributed by atoms with Gasteiger partial charge in [-0.2, -0.15) is 26.3 Å². The Balaban J connectivity index is 1.62. The zero-order valence-electron chi connectivity index (χ0n) is 25.2. The molecule has 0 aromatic heterocycles. The SMILES string of the molecule is CCOC(=O)N1C/C(=C\c2cccc(C(F)(F)F)c2)C(=O)[C@@]2(C1)[C@H](c1ccc(C(F)(F)F)cc1)CN(C)[C@]21C(=O)Nc2ccccc21. The summed E-state index contributed by atoms with van der Waals surface area (Å²) >= 11 is 0. The van der Waals surface area contributed by atoms with Crippen molar-refractivity contribution in [2.45, 2.75) is 30.7 Å². The lowest BCUT2D eigenvalue weighted by atomic mass is 9.56. The van der Waals surface area contributed by atoms with Crippen LogP contribution >= 0.6 is 0 Å². The van der Waals surface area contributed by atoms with E-state index in [-0.39, 0.29) is 37.4 Å². The highest BCUT2D eigenvalue weighted by atomic mass is 19.4. The summed E-state index contributed by atoms with van der Waals surface area (Å²) in [7, 11) is 1.63. The minimum atomic E-state index is -4.67. The van der Waals surface area contributed by atoms with Gasteiger partial charge in [0.1, 0.15) is 5.54 Å². The Labute approximate surface area is 265 Å². The minimum absolute atomic E-state index is 0.0202. The van der Waals surface area contributed by atoms with Crippen molar-refractivity contribution in [1.29, 1.82) is 0 Å². The Morgan fingerprint density at radius 3 is 2.30 bits per heavy atom. The highest BCUT2D eigenvalue weighted by molar-refractivity contribution is 6.16. The molecule has 3 aliphatic rings. The predicted molar refractivity (Wildman–Crippen MR) is 159 cm³/mol. The second-order valence-corrected chi connectivity index (χ2v) is 11.9. The molecule has 7 nitrogen and oxygen atoms in total. The first-order valence-electron chi connectivity index (χ1n) is 14.8. The molecule has 47 heavy (non-hydrogen) atoms. The number of anilines is 1. The molecule has 0 radical (unpaired) electrons. The number of carbonyl (C=O) groups excluding carboxylic acids is 3. The van der Waals surface area contributed by atoms with Crippen molar-refractivity contribution in [1.82, 2.24) is 9.80 Å². The van der Waals surface area contributed by atoms with Crippen molar-refractivity contribution in [2.24, 2.45) is 5.41 Å². The number of rotatable bonds is 3. The first-order chi connectivity index (χ1) is 22.1. The normalized spacial score (nSPS) is 25.5. The Morgan fingerprint density at radius 2 is 1.64 bits per heavy atom. The zero-order valence-corrected chi connectivity index (χ0v) is 25.2. The van der Waals surface area contributed by atoms with Gasteiger partial charge in [0.2, 0.25) is 0 Å². The molecule has 0 bridgehead atoms. The van der Waals surface area contributed by atoms with Crippen molar-refractivity contribution >= 4 is 29.5 Å². The van der Waals surface area contributed by atoms with Gasteiger partial charge in [-0.15, -0.1) is 0 Å². The van der Waals surface area contributed by atoms with Crippen LogP contribution in [0, 0.1) is 5.41 Å². The number of amides is 2. The number of piperidine rings is 1. The molecule has 1 N–H and O–H groups in total. The van der Waals surface area contributed by atoms with Gasteiger partial charge in [0, 0.05) is 35.8 Å². The van der Waals surface area contributed by atoms with Crippen LogP contribution < -0.4 is 5.32 Å². The van der Waals surface area contributed by atoms with E-state index in [1.165, 1.54) is 35.2 Å². The van der Waals surface area contributed by atoms with Crippen molar-refractivity contribution < 1.29 is 45.5 Å². The fraction of sp³-hybridized carbons (Fsp3) is 0.324. The molecule has 0 saturated carbocycles. The average Bonchev–Trinajstić information content (AvgIpc) is 3.46. The van der Waals surface area contributed by atoms with Gasteiger partial charge >= 0.3 is 18.4 Å². The van der Waals surface area contributed by atoms with Crippen LogP contribution in [0.1, 0.15) is 40.7 Å². The highest BCUT2D eigenvalue weighted by Crippen LogP contribution is 2.64. The third-order valence-corrected chi connectivity index (χ3v) is 9.38. The van der Waals surface area contributed by atoms with Crippen LogP contribution in [0.15, 0.2) is 78.4 Å². The van der Waals surface area contributed by atoms with Crippen LogP contribution in [0.3, 0.4) is 0 Å². The first kappa shape index (κ1) is 32.3. The summed E-state index contributed by atoms with van der Waals surface area (Å²) in [5, 5.41) is 2.85. The molecule has 246 valence electrons. The lowest BCUT2D eigenvalue weighted by Crippen LogP contribution is -2.66. The van der Waals surface area contributed by atoms with E-state index in [1.54, 1.807) is 43.1 Å². The molecule has 2 amide bonds. The van der Waals surface area contributed by atoms with Crippen LogP contribution in [0.5, 0.6) is 0 Å². The smallest absolute Gasteiger partial charge is 0.416 e. The molecular weight excluding hydrogens is 628 g/mol. The minimum Gasteiger partial charge on any atom is -0.450 e. The standard InChI is InChI=1S/C34H29F6N3O4/c1-3-47-30(46)43-17-22(15-20-7-6-8-24(16-20)34(38,39)40)28(44)31(19-43)26(21-11-13-23(14-12-21)33(35,36)37)18-42(2)32(31)25-9-4-5-10-27(25)41-29(32)45/h4-16,26H,3,17-19H2,1-2H3,(H,41,45)/b22-15+/t26-,31+,32+/m0/s1. The fourth-order valence-electron chi connectivity index (χ4n) is 7.52. The molecule has 0 unspecified atom stereocenters. The topological polar surface area (TPSA) is 79.0 Å². The van der Waals surface area contributed by atoms with Gasteiger partial charge < -0.3 is 15.0 Å². The van der Waals surface area contributed by atoms with Crippen LogP contribution in [-0.4, -0.2) is 60.9 Å². The van der Waals surface area contributed by atoms with Crippen molar-refractivity contribution in [3.63, 3.8) is 0 Å². The summed E-state index contributed by atoms with van der Waals surface area (Å²) in [4.78, 5) is 45.8. The number of nitrogens with one attached hydrogen (secondary N) is 1. The van der Waals surface area contributed by atoms with Crippen LogP contribution in [-0.2, 0) is 32.2 Å². The van der Waals surface area contributed by atoms with Gasteiger partial charge in [-0.3, -0.25) is 14.5 Å². The molecule has 3 aliphatic heterocycles. The molecular formula is C34H29F6N3O4. The molecule has 3 aromatic carbocycles. The zero-order chi connectivity index (χ0) is 33.9. The number of para-hydroxylation sites is 1. The maximum Gasteiger partial charge on any atom is 0.416 e. The first-order valence-corrected chi connectivity index (χ1v) is 14.8. The van der Waals surface area contributed by atoms with Crippen LogP contribution in [0.4, 0.5) is 36.8 Å². The van der Waals surface area contributed by atoms with E-state index in [0.29, 0.717) is 16.8 Å². The van der Waals surface area contributed by atoms with Crippen LogP contribution in [0.2, 0.25) is 0 Å². The molecule has 3 heterocycles. The summed E-state index contributed by atoms with van der Waals surface area (Å²) in [5.74, 6) is -2.13. The quantitative estimate of drug-likeness (QED) is 0.250. The molecule has 3 atom stereocenters. The van der Waals surface area contributed by atoms with Gasteiger partial charge in [0.05, 0.1) is 29.7 Å². The molecule has 2 saturated heterocycles. The second kappa shape index (κ2) is 11.3. The van der Waals surface area contributed by atoms with Gasteiger partial charge in [-0.05, 0) is 61.5 Å². The lowest BCUT2D eigenvalue weighted by molar-refractivity contribution is -0.146. The summed E-state index contributed by atoms with van der Waals surface area (Å²) < 4.78 is 86.8. The number of likely N-dealkylation sites (N-methyl/N-ethyl adjacent to an activating group) is 1. The van der Waals surface area contributed by atoms with Crippen molar-refractivity contribution in [3.05, 3.63) is 106 Å². The third-order valence-electron chi connectivity index (χ3n) is 9.38. The molecule has 6 rings (SSSR count). The van der Waals surface area contributed by atoms with Crippen LogP contribution in [0.25, 0.3) is 6.08 Å². The van der Waals surface area contributed by atoms with Gasteiger partial charge in [0.25, 0.3) is 5.91 Å². The number of alkyl halides is 6. The summed E-state index contributed by atoms with van der Waals surface area (Å²) in [6, 6.07) is 15.4. The Hall–Kier alpha value is -4.65. The third kappa shape index (κ3) is 4.98. The van der Waals surface area contributed by atoms with Gasteiger partial charge in [-0.1, -0.05) is 42.5 Å². The average molecular weight is 658 g/mol. The van der Waals surface area contributed by atoms with Crippen molar-refractivity contribution in [2.75, 3.05) is 38.6 Å². The number of Topliss-reactive ketones (excluding diaryl/α,β-unsaturated/α-hetero) is 1. The van der Waals surface area contributed by atoms with E-state index in [9.17, 15) is 35.9 Å². The van der Waals surface area contributed by atoms with Gasteiger partial charge in [0.15, 0.2) is 5.78 Å². The number of halogens is 6.